The molecule has 0 atom stereocenters. The molecule has 0 unspecified atom stereocenters. The van der Waals surface area contributed by atoms with E-state index in [-0.39, 0.29) is 5.24 Å². The average Bonchev–Trinajstić information content (AvgIpc) is 2.16. The van der Waals surface area contributed by atoms with Crippen molar-refractivity contribution in [2.45, 2.75) is 6.92 Å². The number of halogens is 1. The fourth-order valence-corrected chi connectivity index (χ4v) is 0.0645. The highest BCUT2D eigenvalue weighted by Gasteiger charge is 1.89. The summed E-state index contributed by atoms with van der Waals surface area (Å²) >= 11 is 4.64. The van der Waals surface area contributed by atoms with Gasteiger partial charge in [-0.2, -0.15) is 0 Å². The molecule has 8 heteroatoms. The van der Waals surface area contributed by atoms with Gasteiger partial charge in [0.25, 0.3) is 0 Å². The molecule has 0 aliphatic heterocycles. The van der Waals surface area contributed by atoms with E-state index in [2.05, 4.69) is 16.3 Å². The van der Waals surface area contributed by atoms with Crippen molar-refractivity contribution in [2.24, 2.45) is 0 Å². The zero-order valence-electron chi connectivity index (χ0n) is 8.27. The Bertz CT molecular complexity index is 182. The van der Waals surface area contributed by atoms with Gasteiger partial charge in [-0.1, -0.05) is 0 Å². The monoisotopic (exact) mass is 244 g/mol. The minimum Gasteiger partial charge on any atom is -0.480 e. The van der Waals surface area contributed by atoms with Crippen molar-refractivity contribution in [3.05, 3.63) is 0 Å². The zero-order chi connectivity index (χ0) is 12.9. The molecule has 0 aromatic carbocycles. The Balaban J connectivity index is -0.000000147. The van der Waals surface area contributed by atoms with Crippen LogP contribution in [-0.4, -0.2) is 52.8 Å². The quantitative estimate of drug-likeness (QED) is 0.420. The number of hydrogen-bond acceptors (Lipinski definition) is 6. The topological polar surface area (TPSA) is 121 Å². The second kappa shape index (κ2) is 15.3. The number of esters is 1. The van der Waals surface area contributed by atoms with Crippen molar-refractivity contribution in [1.29, 1.82) is 0 Å². The number of carboxylic acid groups (broad SMARTS) is 1. The maximum Gasteiger partial charge on any atom is 0.331 e. The minimum absolute atomic E-state index is 0.361. The number of rotatable bonds is 2. The molecule has 0 aromatic heterocycles. The summed E-state index contributed by atoms with van der Waals surface area (Å²) in [6.07, 6.45) is 0. The summed E-state index contributed by atoms with van der Waals surface area (Å²) in [4.78, 5) is 28.0. The van der Waals surface area contributed by atoms with Crippen LogP contribution in [0.5, 0.6) is 0 Å². The number of hydrogen-bond donors (Lipinski definition) is 3. The highest BCUT2D eigenvalue weighted by atomic mass is 35.5. The SMILES string of the molecule is CC(=O)Cl.COC(=O)CO.O=C(O)CO. The van der Waals surface area contributed by atoms with Crippen LogP contribution in [0.4, 0.5) is 0 Å². The summed E-state index contributed by atoms with van der Waals surface area (Å²) in [5.41, 5.74) is 0. The van der Waals surface area contributed by atoms with E-state index in [1.165, 1.54) is 14.0 Å². The fourth-order valence-electron chi connectivity index (χ4n) is 0.0645. The summed E-state index contributed by atoms with van der Waals surface area (Å²) in [6.45, 7) is -0.0158. The van der Waals surface area contributed by atoms with Crippen LogP contribution in [0.25, 0.3) is 0 Å². The summed E-state index contributed by atoms with van der Waals surface area (Å²) in [5.74, 6) is -1.79. The molecule has 90 valence electrons. The van der Waals surface area contributed by atoms with Gasteiger partial charge >= 0.3 is 11.9 Å². The van der Waals surface area contributed by atoms with Crippen LogP contribution in [0.15, 0.2) is 0 Å². The van der Waals surface area contributed by atoms with Crippen molar-refractivity contribution in [3.8, 4) is 0 Å². The van der Waals surface area contributed by atoms with Gasteiger partial charge in [0.05, 0.1) is 7.11 Å². The van der Waals surface area contributed by atoms with E-state index in [1.807, 2.05) is 0 Å². The third-order valence-electron chi connectivity index (χ3n) is 0.492. The molecule has 0 amide bonds. The van der Waals surface area contributed by atoms with E-state index in [0.29, 0.717) is 0 Å². The molecule has 0 aromatic rings. The maximum atomic E-state index is 9.71. The first kappa shape index (κ1) is 19.4. The first-order valence-electron chi connectivity index (χ1n) is 3.48. The van der Waals surface area contributed by atoms with Crippen molar-refractivity contribution in [2.75, 3.05) is 20.3 Å². The Morgan fingerprint density at radius 3 is 1.47 bits per heavy atom. The number of carboxylic acids is 1. The van der Waals surface area contributed by atoms with E-state index in [1.54, 1.807) is 0 Å². The van der Waals surface area contributed by atoms with E-state index < -0.39 is 25.2 Å². The lowest BCUT2D eigenvalue weighted by Gasteiger charge is -1.86. The highest BCUT2D eigenvalue weighted by molar-refractivity contribution is 6.62. The van der Waals surface area contributed by atoms with Gasteiger partial charge in [-0.05, 0) is 11.6 Å². The lowest BCUT2D eigenvalue weighted by Crippen LogP contribution is -2.04. The van der Waals surface area contributed by atoms with Crippen LogP contribution in [0, 0.1) is 0 Å². The van der Waals surface area contributed by atoms with Gasteiger partial charge in [0.2, 0.25) is 5.24 Å². The van der Waals surface area contributed by atoms with Crippen LogP contribution in [0.2, 0.25) is 0 Å². The van der Waals surface area contributed by atoms with Crippen LogP contribution in [0.1, 0.15) is 6.92 Å². The molecule has 0 saturated heterocycles. The molecule has 0 rings (SSSR count). The van der Waals surface area contributed by atoms with Gasteiger partial charge in [-0.15, -0.1) is 0 Å². The Labute approximate surface area is 91.2 Å². The van der Waals surface area contributed by atoms with Crippen molar-refractivity contribution >= 4 is 28.8 Å². The molecule has 15 heavy (non-hydrogen) atoms. The largest absolute Gasteiger partial charge is 0.480 e. The van der Waals surface area contributed by atoms with Gasteiger partial charge in [-0.25, -0.2) is 9.59 Å². The van der Waals surface area contributed by atoms with Crippen LogP contribution >= 0.6 is 11.6 Å². The molecule has 0 saturated carbocycles. The maximum absolute atomic E-state index is 9.71. The number of carbonyl (C=O) groups is 3. The normalized spacial score (nSPS) is 7.27. The standard InChI is InChI=1S/C3H6O3.C2H3ClO.C2H4O3/c1-6-3(5)2-4;1-2(3)4;3-1-2(4)5/h4H,2H2,1H3;1H3;3H,1H2,(H,4,5). The van der Waals surface area contributed by atoms with Gasteiger partial charge in [0, 0.05) is 6.92 Å². The first-order valence-corrected chi connectivity index (χ1v) is 3.85. The van der Waals surface area contributed by atoms with Crippen molar-refractivity contribution in [1.82, 2.24) is 0 Å². The summed E-state index contributed by atoms with van der Waals surface area (Å²) in [7, 11) is 1.22. The molecule has 0 aliphatic rings. The summed E-state index contributed by atoms with van der Waals surface area (Å²) in [6, 6.07) is 0. The molecule has 0 bridgehead atoms. The number of aliphatic hydroxyl groups is 2. The molecular formula is C7H13ClO7. The Morgan fingerprint density at radius 1 is 1.20 bits per heavy atom. The van der Waals surface area contributed by atoms with Crippen LogP contribution in [0.3, 0.4) is 0 Å². The van der Waals surface area contributed by atoms with Crippen molar-refractivity contribution in [3.63, 3.8) is 0 Å². The molecule has 0 aliphatic carbocycles. The summed E-state index contributed by atoms with van der Waals surface area (Å²) in [5, 5.41) is 22.5. The minimum atomic E-state index is -1.19. The Kier molecular flexibility index (Phi) is 19.8. The van der Waals surface area contributed by atoms with Crippen molar-refractivity contribution < 1.29 is 34.4 Å². The lowest BCUT2D eigenvalue weighted by atomic mass is 10.8. The zero-order valence-corrected chi connectivity index (χ0v) is 9.02. The van der Waals surface area contributed by atoms with Gasteiger partial charge < -0.3 is 20.1 Å². The molecule has 0 spiro atoms. The third-order valence-corrected chi connectivity index (χ3v) is 0.492. The van der Waals surface area contributed by atoms with Gasteiger partial charge in [0.15, 0.2) is 0 Å². The summed E-state index contributed by atoms with van der Waals surface area (Å²) < 4.78 is 4.01. The fraction of sp³-hybridized carbons (Fsp3) is 0.571. The van der Waals surface area contributed by atoms with Gasteiger partial charge in [-0.3, -0.25) is 4.79 Å². The molecule has 0 fully saturated rings. The molecular weight excluding hydrogens is 232 g/mol. The number of ether oxygens (including phenoxy) is 1. The average molecular weight is 245 g/mol. The number of aliphatic carboxylic acids is 1. The smallest absolute Gasteiger partial charge is 0.331 e. The van der Waals surface area contributed by atoms with Crippen LogP contribution in [-0.2, 0) is 19.1 Å². The van der Waals surface area contributed by atoms with E-state index in [0.717, 1.165) is 0 Å². The lowest BCUT2D eigenvalue weighted by molar-refractivity contribution is -0.143. The number of aliphatic hydroxyl groups excluding tert-OH is 2. The Hall–Kier alpha value is -1.18. The number of methoxy groups -OCH3 is 1. The number of carbonyl (C=O) groups excluding carboxylic acids is 2. The van der Waals surface area contributed by atoms with E-state index >= 15 is 0 Å². The predicted octanol–water partition coefficient (Wildman–Crippen LogP) is -1.01. The van der Waals surface area contributed by atoms with E-state index in [9.17, 15) is 9.59 Å². The second-order valence-corrected chi connectivity index (χ2v) is 2.29. The van der Waals surface area contributed by atoms with Gasteiger partial charge in [0.1, 0.15) is 13.2 Å². The molecule has 0 heterocycles. The Morgan fingerprint density at radius 2 is 1.47 bits per heavy atom. The first-order chi connectivity index (χ1) is 6.81. The van der Waals surface area contributed by atoms with E-state index in [4.69, 9.17) is 20.1 Å². The molecule has 7 nitrogen and oxygen atoms in total. The second-order valence-electron chi connectivity index (χ2n) is 1.76. The predicted molar refractivity (Wildman–Crippen MR) is 50.4 cm³/mol. The highest BCUT2D eigenvalue weighted by Crippen LogP contribution is 1.67. The van der Waals surface area contributed by atoms with Crippen LogP contribution < -0.4 is 0 Å². The molecule has 0 radical (unpaired) electrons. The molecule has 3 N–H and O–H groups in total. The third kappa shape index (κ3) is 64.6.